The van der Waals surface area contributed by atoms with E-state index in [-0.39, 0.29) is 29.7 Å². The van der Waals surface area contributed by atoms with Crippen LogP contribution in [0, 0.1) is 5.92 Å². The molecule has 0 amide bonds. The molecule has 0 aromatic heterocycles. The molecule has 5 heteroatoms. The molecule has 1 saturated carbocycles. The number of hydrogen-bond acceptors (Lipinski definition) is 4. The Morgan fingerprint density at radius 3 is 2.26 bits per heavy atom. The molecule has 0 atom stereocenters. The molecule has 2 aliphatic carbocycles. The zero-order valence-corrected chi connectivity index (χ0v) is 20.5. The smallest absolute Gasteiger partial charge is 0.460 e. The van der Waals surface area contributed by atoms with Crippen LogP contribution in [0.15, 0.2) is 18.2 Å². The Morgan fingerprint density at radius 1 is 1.06 bits per heavy atom. The molecule has 0 unspecified atom stereocenters. The highest BCUT2D eigenvalue weighted by molar-refractivity contribution is 6.62. The van der Waals surface area contributed by atoms with Crippen LogP contribution in [0.3, 0.4) is 0 Å². The Morgan fingerprint density at radius 2 is 1.68 bits per heavy atom. The van der Waals surface area contributed by atoms with E-state index in [2.05, 4.69) is 45.9 Å². The number of carbonyl (C=O) groups is 1. The molecule has 1 spiro atoms. The Bertz CT molecular complexity index is 827. The highest BCUT2D eigenvalue weighted by Crippen LogP contribution is 2.50. The average Bonchev–Trinajstić information content (AvgIpc) is 3.09. The van der Waals surface area contributed by atoms with Gasteiger partial charge in [-0.2, -0.15) is 0 Å². The van der Waals surface area contributed by atoms with E-state index in [1.807, 2.05) is 20.8 Å². The van der Waals surface area contributed by atoms with Crippen molar-refractivity contribution in [2.45, 2.75) is 116 Å². The van der Waals surface area contributed by atoms with Crippen LogP contribution >= 0.6 is 0 Å². The molecule has 0 N–H and O–H groups in total. The van der Waals surface area contributed by atoms with E-state index < -0.39 is 5.60 Å². The van der Waals surface area contributed by atoms with Gasteiger partial charge >= 0.3 is 13.1 Å². The number of carbonyl (C=O) groups excluding carboxylic acids is 1. The summed E-state index contributed by atoms with van der Waals surface area (Å²) >= 11 is 0. The van der Waals surface area contributed by atoms with E-state index in [1.54, 1.807) is 0 Å². The minimum atomic E-state index is -0.397. The third-order valence-electron chi connectivity index (χ3n) is 8.04. The van der Waals surface area contributed by atoms with Gasteiger partial charge in [-0.05, 0) is 115 Å². The van der Waals surface area contributed by atoms with Crippen LogP contribution in [0.2, 0.25) is 0 Å². The molecular formula is C26H39BO4. The van der Waals surface area contributed by atoms with Crippen molar-refractivity contribution < 1.29 is 18.8 Å². The molecule has 4 rings (SSSR count). The predicted molar refractivity (Wildman–Crippen MR) is 125 cm³/mol. The number of hydrogen-bond donors (Lipinski definition) is 0. The third-order valence-corrected chi connectivity index (χ3v) is 8.04. The topological polar surface area (TPSA) is 44.8 Å². The molecule has 4 nitrogen and oxygen atoms in total. The second-order valence-electron chi connectivity index (χ2n) is 12.0. The van der Waals surface area contributed by atoms with E-state index in [1.165, 1.54) is 30.4 Å². The second kappa shape index (κ2) is 7.62. The number of aryl methyl sites for hydroxylation is 1. The molecule has 170 valence electrons. The summed E-state index contributed by atoms with van der Waals surface area (Å²) in [6.07, 6.45) is 7.46. The van der Waals surface area contributed by atoms with Crippen molar-refractivity contribution in [3.63, 3.8) is 0 Å². The normalized spacial score (nSPS) is 29.3. The molecule has 0 radical (unpaired) electrons. The van der Waals surface area contributed by atoms with Gasteiger partial charge < -0.3 is 14.0 Å². The van der Waals surface area contributed by atoms with E-state index in [0.29, 0.717) is 12.3 Å². The summed E-state index contributed by atoms with van der Waals surface area (Å²) in [5.41, 5.74) is 3.37. The highest BCUT2D eigenvalue weighted by atomic mass is 16.7. The molecule has 1 aliphatic heterocycles. The number of fused-ring (bicyclic) bond motifs is 2. The number of ether oxygens (including phenoxy) is 1. The summed E-state index contributed by atoms with van der Waals surface area (Å²) in [5, 5.41) is 0. The zero-order valence-electron chi connectivity index (χ0n) is 20.5. The fraction of sp³-hybridized carbons (Fsp3) is 0.731. The van der Waals surface area contributed by atoms with E-state index in [0.717, 1.165) is 24.7 Å². The maximum Gasteiger partial charge on any atom is 0.494 e. The van der Waals surface area contributed by atoms with Crippen LogP contribution in [0.4, 0.5) is 0 Å². The molecule has 1 aromatic rings. The molecule has 2 fully saturated rings. The van der Waals surface area contributed by atoms with Crippen molar-refractivity contribution in [1.29, 1.82) is 0 Å². The van der Waals surface area contributed by atoms with Gasteiger partial charge in [-0.15, -0.1) is 0 Å². The quantitative estimate of drug-likeness (QED) is 0.499. The molecule has 1 saturated heterocycles. The molecule has 1 aromatic carbocycles. The summed E-state index contributed by atoms with van der Waals surface area (Å²) in [6, 6.07) is 6.86. The van der Waals surface area contributed by atoms with Crippen LogP contribution in [0.1, 0.15) is 98.1 Å². The first-order chi connectivity index (χ1) is 14.3. The van der Waals surface area contributed by atoms with E-state index in [9.17, 15) is 4.79 Å². The first-order valence-corrected chi connectivity index (χ1v) is 12.0. The van der Waals surface area contributed by atoms with Crippen LogP contribution in [0.5, 0.6) is 0 Å². The van der Waals surface area contributed by atoms with Gasteiger partial charge in [-0.1, -0.05) is 18.2 Å². The van der Waals surface area contributed by atoms with Gasteiger partial charge in [0.25, 0.3) is 0 Å². The fourth-order valence-corrected chi connectivity index (χ4v) is 5.54. The van der Waals surface area contributed by atoms with Crippen molar-refractivity contribution in [2.75, 3.05) is 0 Å². The summed E-state index contributed by atoms with van der Waals surface area (Å²) in [7, 11) is -0.295. The van der Waals surface area contributed by atoms with Gasteiger partial charge in [0, 0.05) is 6.42 Å². The van der Waals surface area contributed by atoms with Crippen LogP contribution in [0.25, 0.3) is 0 Å². The molecule has 3 aliphatic rings. The van der Waals surface area contributed by atoms with Gasteiger partial charge in [0.05, 0.1) is 11.2 Å². The third kappa shape index (κ3) is 4.46. The molecule has 31 heavy (non-hydrogen) atoms. The van der Waals surface area contributed by atoms with E-state index in [4.69, 9.17) is 14.0 Å². The maximum atomic E-state index is 12.2. The number of esters is 1. The lowest BCUT2D eigenvalue weighted by Gasteiger charge is -2.38. The highest BCUT2D eigenvalue weighted by Gasteiger charge is 2.52. The van der Waals surface area contributed by atoms with Gasteiger partial charge in [-0.25, -0.2) is 0 Å². The van der Waals surface area contributed by atoms with E-state index >= 15 is 0 Å². The number of rotatable bonds is 3. The fourth-order valence-electron chi connectivity index (χ4n) is 5.54. The lowest BCUT2D eigenvalue weighted by atomic mass is 9.66. The Kier molecular flexibility index (Phi) is 5.62. The second-order valence-corrected chi connectivity index (χ2v) is 12.0. The Balaban J connectivity index is 1.42. The molecule has 0 bridgehead atoms. The molecule has 1 heterocycles. The zero-order chi connectivity index (χ0) is 22.7. The Hall–Kier alpha value is -1.33. The van der Waals surface area contributed by atoms with Crippen molar-refractivity contribution in [3.05, 3.63) is 29.3 Å². The van der Waals surface area contributed by atoms with Crippen molar-refractivity contribution in [1.82, 2.24) is 0 Å². The summed E-state index contributed by atoms with van der Waals surface area (Å²) in [6.45, 7) is 14.2. The average molecular weight is 426 g/mol. The maximum absolute atomic E-state index is 12.2. The SMILES string of the molecule is CC(C)(C)OC(=O)C[C@H]1CC[C@]2(CCc3cc(B4OC(C)(C)C(C)(C)O4)ccc32)CC1. The first-order valence-electron chi connectivity index (χ1n) is 12.0. The van der Waals surface area contributed by atoms with Gasteiger partial charge in [-0.3, -0.25) is 4.79 Å². The van der Waals surface area contributed by atoms with Gasteiger partial charge in [0.1, 0.15) is 5.60 Å². The van der Waals surface area contributed by atoms with Crippen molar-refractivity contribution in [2.24, 2.45) is 5.92 Å². The lowest BCUT2D eigenvalue weighted by molar-refractivity contribution is -0.156. The molecular weight excluding hydrogens is 387 g/mol. The minimum absolute atomic E-state index is 0.0488. The summed E-state index contributed by atoms with van der Waals surface area (Å²) < 4.78 is 18.1. The largest absolute Gasteiger partial charge is 0.494 e. The van der Waals surface area contributed by atoms with Crippen molar-refractivity contribution >= 4 is 18.6 Å². The summed E-state index contributed by atoms with van der Waals surface area (Å²) in [4.78, 5) is 12.2. The van der Waals surface area contributed by atoms with Crippen LogP contribution in [-0.4, -0.2) is 29.9 Å². The van der Waals surface area contributed by atoms with Crippen molar-refractivity contribution in [3.8, 4) is 0 Å². The Labute approximate surface area is 188 Å². The standard InChI is InChI=1S/C26H39BO4/c1-23(2,3)29-22(28)16-18-10-13-26(14-11-18)15-12-19-17-20(8-9-21(19)26)27-30-24(4,5)25(6,7)31-27/h8-9,17-18H,10-16H2,1-7H3/t18-,26+. The summed E-state index contributed by atoms with van der Waals surface area (Å²) in [5.74, 6) is 0.404. The van der Waals surface area contributed by atoms with Gasteiger partial charge in [0.2, 0.25) is 0 Å². The number of benzene rings is 1. The minimum Gasteiger partial charge on any atom is -0.460 e. The van der Waals surface area contributed by atoms with Crippen LogP contribution < -0.4 is 5.46 Å². The predicted octanol–water partition coefficient (Wildman–Crippen LogP) is 5.09. The lowest BCUT2D eigenvalue weighted by Crippen LogP contribution is -2.41. The first kappa shape index (κ1) is 22.9. The van der Waals surface area contributed by atoms with Crippen LogP contribution in [-0.2, 0) is 30.7 Å². The monoisotopic (exact) mass is 426 g/mol. The van der Waals surface area contributed by atoms with Gasteiger partial charge in [0.15, 0.2) is 0 Å².